The van der Waals surface area contributed by atoms with Gasteiger partial charge in [0.25, 0.3) is 0 Å². The average molecular weight is 265 g/mol. The monoisotopic (exact) mass is 265 g/mol. The first kappa shape index (κ1) is 14.0. The van der Waals surface area contributed by atoms with Gasteiger partial charge in [-0.3, -0.25) is 10.1 Å². The predicted molar refractivity (Wildman–Crippen MR) is 69.2 cm³/mol. The quantitative estimate of drug-likeness (QED) is 0.792. The second kappa shape index (κ2) is 5.69. The van der Waals surface area contributed by atoms with Gasteiger partial charge in [-0.1, -0.05) is 30.3 Å². The standard InChI is InChI=1S/C14H19NO4/c1-14(2)12(15-11(16)9-19-14)13(17)18-8-10-6-4-3-5-7-10/h3-7,11-12,15-16H,8-9H2,1-2H3. The number of aliphatic hydroxyl groups is 1. The highest BCUT2D eigenvalue weighted by atomic mass is 16.5. The molecule has 5 nitrogen and oxygen atoms in total. The van der Waals surface area contributed by atoms with Crippen molar-refractivity contribution in [3.8, 4) is 0 Å². The van der Waals surface area contributed by atoms with E-state index in [4.69, 9.17) is 9.47 Å². The molecule has 1 saturated heterocycles. The summed E-state index contributed by atoms with van der Waals surface area (Å²) in [4.78, 5) is 12.1. The van der Waals surface area contributed by atoms with Crippen LogP contribution >= 0.6 is 0 Å². The van der Waals surface area contributed by atoms with E-state index in [9.17, 15) is 9.90 Å². The van der Waals surface area contributed by atoms with Gasteiger partial charge in [0.1, 0.15) is 18.9 Å². The largest absolute Gasteiger partial charge is 0.460 e. The van der Waals surface area contributed by atoms with Gasteiger partial charge in [0.2, 0.25) is 0 Å². The van der Waals surface area contributed by atoms with E-state index in [1.807, 2.05) is 30.3 Å². The summed E-state index contributed by atoms with van der Waals surface area (Å²) in [6, 6.07) is 8.77. The molecule has 0 bridgehead atoms. The van der Waals surface area contributed by atoms with Gasteiger partial charge in [-0.05, 0) is 19.4 Å². The number of rotatable bonds is 3. The maximum absolute atomic E-state index is 12.1. The van der Waals surface area contributed by atoms with Crippen molar-refractivity contribution in [1.82, 2.24) is 5.32 Å². The lowest BCUT2D eigenvalue weighted by Gasteiger charge is -2.39. The van der Waals surface area contributed by atoms with Crippen LogP contribution in [0.3, 0.4) is 0 Å². The highest BCUT2D eigenvalue weighted by Crippen LogP contribution is 2.21. The number of aliphatic hydroxyl groups excluding tert-OH is 1. The summed E-state index contributed by atoms with van der Waals surface area (Å²) in [6.07, 6.45) is -0.845. The second-order valence-corrected chi connectivity index (χ2v) is 5.12. The SMILES string of the molecule is CC1(C)OCC(O)NC1C(=O)OCc1ccccc1. The van der Waals surface area contributed by atoms with Gasteiger partial charge in [-0.25, -0.2) is 0 Å². The van der Waals surface area contributed by atoms with Gasteiger partial charge in [0, 0.05) is 0 Å². The Balaban J connectivity index is 1.95. The number of hydrogen-bond acceptors (Lipinski definition) is 5. The number of hydrogen-bond donors (Lipinski definition) is 2. The molecule has 1 aliphatic rings. The van der Waals surface area contributed by atoms with Gasteiger partial charge < -0.3 is 14.6 Å². The second-order valence-electron chi connectivity index (χ2n) is 5.12. The fraction of sp³-hybridized carbons (Fsp3) is 0.500. The van der Waals surface area contributed by atoms with Gasteiger partial charge in [0.05, 0.1) is 12.2 Å². The van der Waals surface area contributed by atoms with Crippen molar-refractivity contribution >= 4 is 5.97 Å². The Morgan fingerprint density at radius 3 is 2.84 bits per heavy atom. The molecule has 1 fully saturated rings. The summed E-state index contributed by atoms with van der Waals surface area (Å²) in [5.74, 6) is -0.424. The summed E-state index contributed by atoms with van der Waals surface area (Å²) in [7, 11) is 0. The molecule has 0 amide bonds. The normalized spacial score (nSPS) is 25.8. The van der Waals surface area contributed by atoms with Gasteiger partial charge in [-0.2, -0.15) is 0 Å². The number of nitrogens with one attached hydrogen (secondary N) is 1. The van der Waals surface area contributed by atoms with Crippen LogP contribution in [0.15, 0.2) is 30.3 Å². The zero-order valence-electron chi connectivity index (χ0n) is 11.1. The van der Waals surface area contributed by atoms with Crippen LogP contribution in [0, 0.1) is 0 Å². The number of ether oxygens (including phenoxy) is 2. The third kappa shape index (κ3) is 3.53. The first-order valence-electron chi connectivity index (χ1n) is 6.28. The Morgan fingerprint density at radius 1 is 1.47 bits per heavy atom. The maximum atomic E-state index is 12.1. The molecule has 2 N–H and O–H groups in total. The number of esters is 1. The van der Waals surface area contributed by atoms with Crippen molar-refractivity contribution in [2.75, 3.05) is 6.61 Å². The molecule has 0 radical (unpaired) electrons. The zero-order valence-corrected chi connectivity index (χ0v) is 11.1. The van der Waals surface area contributed by atoms with Gasteiger partial charge >= 0.3 is 5.97 Å². The molecule has 1 aromatic rings. The van der Waals surface area contributed by atoms with Crippen molar-refractivity contribution in [3.63, 3.8) is 0 Å². The molecular weight excluding hydrogens is 246 g/mol. The Kier molecular flexibility index (Phi) is 4.19. The molecule has 19 heavy (non-hydrogen) atoms. The van der Waals surface area contributed by atoms with Crippen LogP contribution in [0.25, 0.3) is 0 Å². The van der Waals surface area contributed by atoms with Crippen LogP contribution < -0.4 is 5.32 Å². The number of benzene rings is 1. The van der Waals surface area contributed by atoms with Crippen molar-refractivity contribution in [1.29, 1.82) is 0 Å². The predicted octanol–water partition coefficient (Wildman–Crippen LogP) is 0.815. The fourth-order valence-electron chi connectivity index (χ4n) is 1.98. The van der Waals surface area contributed by atoms with Crippen LogP contribution in [0.4, 0.5) is 0 Å². The molecule has 5 heteroatoms. The number of carbonyl (C=O) groups is 1. The highest BCUT2D eigenvalue weighted by molar-refractivity contribution is 5.77. The van der Waals surface area contributed by atoms with Crippen LogP contribution in [0.1, 0.15) is 19.4 Å². The Bertz CT molecular complexity index is 432. The van der Waals surface area contributed by atoms with E-state index in [1.165, 1.54) is 0 Å². The minimum Gasteiger partial charge on any atom is -0.460 e. The first-order valence-corrected chi connectivity index (χ1v) is 6.28. The maximum Gasteiger partial charge on any atom is 0.326 e. The molecule has 0 aliphatic carbocycles. The van der Waals surface area contributed by atoms with Crippen molar-refractivity contribution in [2.45, 2.75) is 38.3 Å². The van der Waals surface area contributed by atoms with Crippen LogP contribution in [0.5, 0.6) is 0 Å². The van der Waals surface area contributed by atoms with E-state index in [0.717, 1.165) is 5.56 Å². The lowest BCUT2D eigenvalue weighted by molar-refractivity contribution is -0.175. The minimum absolute atomic E-state index is 0.162. The molecule has 1 aromatic carbocycles. The van der Waals surface area contributed by atoms with Gasteiger partial charge in [-0.15, -0.1) is 0 Å². The van der Waals surface area contributed by atoms with E-state index in [2.05, 4.69) is 5.32 Å². The van der Waals surface area contributed by atoms with E-state index in [1.54, 1.807) is 13.8 Å². The van der Waals surface area contributed by atoms with Crippen LogP contribution in [0.2, 0.25) is 0 Å². The Morgan fingerprint density at radius 2 is 2.16 bits per heavy atom. The van der Waals surface area contributed by atoms with Crippen LogP contribution in [-0.4, -0.2) is 35.6 Å². The lowest BCUT2D eigenvalue weighted by atomic mass is 9.97. The lowest BCUT2D eigenvalue weighted by Crippen LogP contribution is -2.62. The summed E-state index contributed by atoms with van der Waals surface area (Å²) in [5.41, 5.74) is 0.221. The zero-order chi connectivity index (χ0) is 13.9. The molecule has 2 rings (SSSR count). The van der Waals surface area contributed by atoms with Crippen molar-refractivity contribution < 1.29 is 19.4 Å². The number of morpholine rings is 1. The summed E-state index contributed by atoms with van der Waals surface area (Å²) >= 11 is 0. The fourth-order valence-corrected chi connectivity index (χ4v) is 1.98. The van der Waals surface area contributed by atoms with E-state index < -0.39 is 23.8 Å². The summed E-state index contributed by atoms with van der Waals surface area (Å²) in [5, 5.41) is 12.3. The molecular formula is C14H19NO4. The van der Waals surface area contributed by atoms with E-state index in [0.29, 0.717) is 0 Å². The molecule has 0 saturated carbocycles. The van der Waals surface area contributed by atoms with E-state index in [-0.39, 0.29) is 13.2 Å². The van der Waals surface area contributed by atoms with Crippen LogP contribution in [-0.2, 0) is 20.9 Å². The minimum atomic E-state index is -0.845. The summed E-state index contributed by atoms with van der Waals surface area (Å²) in [6.45, 7) is 3.96. The molecule has 104 valence electrons. The highest BCUT2D eigenvalue weighted by Gasteiger charge is 2.42. The topological polar surface area (TPSA) is 67.8 Å². The molecule has 2 atom stereocenters. The van der Waals surface area contributed by atoms with Crippen molar-refractivity contribution in [3.05, 3.63) is 35.9 Å². The summed E-state index contributed by atoms with van der Waals surface area (Å²) < 4.78 is 10.7. The molecule has 0 spiro atoms. The number of carbonyl (C=O) groups excluding carboxylic acids is 1. The average Bonchev–Trinajstić information content (AvgIpc) is 2.40. The third-order valence-corrected chi connectivity index (χ3v) is 3.13. The molecule has 0 aromatic heterocycles. The van der Waals surface area contributed by atoms with Gasteiger partial charge in [0.15, 0.2) is 0 Å². The smallest absolute Gasteiger partial charge is 0.326 e. The van der Waals surface area contributed by atoms with E-state index >= 15 is 0 Å². The Labute approximate surface area is 112 Å². The Hall–Kier alpha value is -1.43. The van der Waals surface area contributed by atoms with Crippen molar-refractivity contribution in [2.24, 2.45) is 0 Å². The first-order chi connectivity index (χ1) is 8.99. The molecule has 1 aliphatic heterocycles. The molecule has 2 unspecified atom stereocenters. The molecule has 1 heterocycles. The third-order valence-electron chi connectivity index (χ3n) is 3.13.